The second-order valence-electron chi connectivity index (χ2n) is 3.13. The third-order valence-electron chi connectivity index (χ3n) is 1.89. The maximum Gasteiger partial charge on any atom is 0.238 e. The van der Waals surface area contributed by atoms with E-state index in [1.165, 1.54) is 13.0 Å². The average Bonchev–Trinajstić information content (AvgIpc) is 2.19. The number of rotatable bonds is 3. The zero-order chi connectivity index (χ0) is 11.4. The van der Waals surface area contributed by atoms with E-state index in [1.807, 2.05) is 0 Å². The smallest absolute Gasteiger partial charge is 0.238 e. The van der Waals surface area contributed by atoms with Gasteiger partial charge in [-0.1, -0.05) is 6.07 Å². The quantitative estimate of drug-likeness (QED) is 0.799. The van der Waals surface area contributed by atoms with Crippen molar-refractivity contribution in [2.24, 2.45) is 0 Å². The Labute approximate surface area is 86.5 Å². The Balaban J connectivity index is 2.93. The van der Waals surface area contributed by atoms with E-state index in [4.69, 9.17) is 0 Å². The number of hydrogen-bond acceptors (Lipinski definition) is 2. The Morgan fingerprint density at radius 1 is 1.40 bits per heavy atom. The Morgan fingerprint density at radius 3 is 2.67 bits per heavy atom. The lowest BCUT2D eigenvalue weighted by Crippen LogP contribution is -2.26. The summed E-state index contributed by atoms with van der Waals surface area (Å²) in [5.41, 5.74) is -0.105. The number of carbonyl (C=O) groups excluding carboxylic acids is 1. The third-order valence-corrected chi connectivity index (χ3v) is 1.89. The molecule has 0 fully saturated rings. The van der Waals surface area contributed by atoms with E-state index in [0.717, 1.165) is 6.07 Å². The summed E-state index contributed by atoms with van der Waals surface area (Å²) in [7, 11) is 1.57. The molecular formula is C10H12F2N2O. The van der Waals surface area contributed by atoms with Gasteiger partial charge in [0.25, 0.3) is 0 Å². The predicted octanol–water partition coefficient (Wildman–Crippen LogP) is 1.43. The molecular weight excluding hydrogens is 202 g/mol. The molecule has 3 nitrogen and oxygen atoms in total. The molecule has 0 aliphatic carbocycles. The van der Waals surface area contributed by atoms with Crippen LogP contribution in [0, 0.1) is 18.6 Å². The van der Waals surface area contributed by atoms with Crippen LogP contribution in [0.1, 0.15) is 5.56 Å². The van der Waals surface area contributed by atoms with Gasteiger partial charge in [0.05, 0.1) is 6.54 Å². The fourth-order valence-corrected chi connectivity index (χ4v) is 1.12. The summed E-state index contributed by atoms with van der Waals surface area (Å²) >= 11 is 0. The molecule has 2 N–H and O–H groups in total. The molecule has 0 saturated carbocycles. The van der Waals surface area contributed by atoms with Gasteiger partial charge in [0.2, 0.25) is 5.91 Å². The normalized spacial score (nSPS) is 10.1. The number of aryl methyl sites for hydroxylation is 1. The summed E-state index contributed by atoms with van der Waals surface area (Å²) < 4.78 is 26.5. The van der Waals surface area contributed by atoms with Crippen LogP contribution in [0.4, 0.5) is 14.5 Å². The zero-order valence-corrected chi connectivity index (χ0v) is 8.53. The van der Waals surface area contributed by atoms with Crippen LogP contribution in [0.25, 0.3) is 0 Å². The zero-order valence-electron chi connectivity index (χ0n) is 8.53. The number of benzene rings is 1. The standard InChI is InChI=1S/C10H12F2N2O/c1-6-3-4-7(11)10(9(6)12)14-8(15)5-13-2/h3-4,13H,5H2,1-2H3,(H,14,15). The first-order valence-electron chi connectivity index (χ1n) is 4.45. The summed E-state index contributed by atoms with van der Waals surface area (Å²) in [6, 6.07) is 2.44. The van der Waals surface area contributed by atoms with Crippen LogP contribution in [0.5, 0.6) is 0 Å². The molecule has 0 heterocycles. The monoisotopic (exact) mass is 214 g/mol. The summed E-state index contributed by atoms with van der Waals surface area (Å²) in [6.07, 6.45) is 0. The van der Waals surface area contributed by atoms with Gasteiger partial charge in [-0.3, -0.25) is 4.79 Å². The van der Waals surface area contributed by atoms with E-state index in [2.05, 4.69) is 10.6 Å². The summed E-state index contributed by atoms with van der Waals surface area (Å²) in [5.74, 6) is -2.00. The van der Waals surface area contributed by atoms with Crippen LogP contribution >= 0.6 is 0 Å². The number of hydrogen-bond donors (Lipinski definition) is 2. The van der Waals surface area contributed by atoms with Crippen molar-refractivity contribution in [2.45, 2.75) is 6.92 Å². The van der Waals surface area contributed by atoms with Gasteiger partial charge in [-0.25, -0.2) is 8.78 Å². The predicted molar refractivity (Wildman–Crippen MR) is 53.7 cm³/mol. The first-order valence-corrected chi connectivity index (χ1v) is 4.45. The molecule has 0 radical (unpaired) electrons. The fourth-order valence-electron chi connectivity index (χ4n) is 1.12. The van der Waals surface area contributed by atoms with Gasteiger partial charge in [-0.05, 0) is 25.6 Å². The van der Waals surface area contributed by atoms with E-state index in [0.29, 0.717) is 0 Å². The Bertz CT molecular complexity index is 380. The fraction of sp³-hybridized carbons (Fsp3) is 0.300. The van der Waals surface area contributed by atoms with Gasteiger partial charge < -0.3 is 10.6 Å². The van der Waals surface area contributed by atoms with Crippen molar-refractivity contribution in [1.29, 1.82) is 0 Å². The largest absolute Gasteiger partial charge is 0.320 e. The van der Waals surface area contributed by atoms with Crippen molar-refractivity contribution >= 4 is 11.6 Å². The second-order valence-corrected chi connectivity index (χ2v) is 3.13. The third kappa shape index (κ3) is 2.73. The van der Waals surface area contributed by atoms with E-state index in [9.17, 15) is 13.6 Å². The summed E-state index contributed by atoms with van der Waals surface area (Å²) in [5, 5.41) is 4.75. The first-order chi connectivity index (χ1) is 7.06. The lowest BCUT2D eigenvalue weighted by atomic mass is 10.2. The molecule has 5 heteroatoms. The first kappa shape index (κ1) is 11.6. The molecule has 0 atom stereocenters. The summed E-state index contributed by atoms with van der Waals surface area (Å²) in [6.45, 7) is 1.51. The Morgan fingerprint density at radius 2 is 2.07 bits per heavy atom. The molecule has 0 aliphatic rings. The van der Waals surface area contributed by atoms with E-state index >= 15 is 0 Å². The number of nitrogens with one attached hydrogen (secondary N) is 2. The van der Waals surface area contributed by atoms with Crippen molar-refractivity contribution in [3.05, 3.63) is 29.3 Å². The number of anilines is 1. The average molecular weight is 214 g/mol. The van der Waals surface area contributed by atoms with Crippen molar-refractivity contribution in [1.82, 2.24) is 5.32 Å². The van der Waals surface area contributed by atoms with Gasteiger partial charge in [-0.15, -0.1) is 0 Å². The van der Waals surface area contributed by atoms with Crippen LogP contribution in [-0.4, -0.2) is 19.5 Å². The van der Waals surface area contributed by atoms with Crippen molar-refractivity contribution in [2.75, 3.05) is 18.9 Å². The van der Waals surface area contributed by atoms with Crippen LogP contribution in [-0.2, 0) is 4.79 Å². The molecule has 0 saturated heterocycles. The molecule has 0 aromatic heterocycles. The minimum atomic E-state index is -0.775. The van der Waals surface area contributed by atoms with Gasteiger partial charge in [0.1, 0.15) is 11.5 Å². The van der Waals surface area contributed by atoms with E-state index < -0.39 is 23.2 Å². The van der Waals surface area contributed by atoms with Crippen LogP contribution in [0.2, 0.25) is 0 Å². The van der Waals surface area contributed by atoms with E-state index in [1.54, 1.807) is 7.05 Å². The van der Waals surface area contributed by atoms with Crippen molar-refractivity contribution in [3.8, 4) is 0 Å². The lowest BCUT2D eigenvalue weighted by molar-refractivity contribution is -0.115. The number of halogens is 2. The highest BCUT2D eigenvalue weighted by atomic mass is 19.1. The molecule has 0 bridgehead atoms. The minimum Gasteiger partial charge on any atom is -0.320 e. The highest BCUT2D eigenvalue weighted by Crippen LogP contribution is 2.21. The topological polar surface area (TPSA) is 41.1 Å². The second kappa shape index (κ2) is 4.84. The Hall–Kier alpha value is -1.49. The molecule has 0 spiro atoms. The number of carbonyl (C=O) groups is 1. The van der Waals surface area contributed by atoms with Gasteiger partial charge in [-0.2, -0.15) is 0 Å². The SMILES string of the molecule is CNCC(=O)Nc1c(F)ccc(C)c1F. The molecule has 1 rings (SSSR count). The van der Waals surface area contributed by atoms with Crippen LogP contribution in [0.15, 0.2) is 12.1 Å². The molecule has 1 aromatic carbocycles. The Kier molecular flexibility index (Phi) is 3.74. The molecule has 1 aromatic rings. The summed E-state index contributed by atoms with van der Waals surface area (Å²) in [4.78, 5) is 11.1. The molecule has 0 unspecified atom stereocenters. The maximum absolute atomic E-state index is 13.4. The van der Waals surface area contributed by atoms with Crippen LogP contribution < -0.4 is 10.6 Å². The van der Waals surface area contributed by atoms with Gasteiger partial charge in [0, 0.05) is 0 Å². The van der Waals surface area contributed by atoms with Crippen molar-refractivity contribution < 1.29 is 13.6 Å². The maximum atomic E-state index is 13.4. The minimum absolute atomic E-state index is 0.00677. The van der Waals surface area contributed by atoms with Gasteiger partial charge >= 0.3 is 0 Å². The molecule has 0 aliphatic heterocycles. The number of amides is 1. The molecule has 15 heavy (non-hydrogen) atoms. The number of likely N-dealkylation sites (N-methyl/N-ethyl adjacent to an activating group) is 1. The molecule has 82 valence electrons. The van der Waals surface area contributed by atoms with Crippen LogP contribution in [0.3, 0.4) is 0 Å². The highest BCUT2D eigenvalue weighted by Gasteiger charge is 2.13. The van der Waals surface area contributed by atoms with Crippen molar-refractivity contribution in [3.63, 3.8) is 0 Å². The van der Waals surface area contributed by atoms with E-state index in [-0.39, 0.29) is 12.1 Å². The highest BCUT2D eigenvalue weighted by molar-refractivity contribution is 5.92. The lowest BCUT2D eigenvalue weighted by Gasteiger charge is -2.08. The van der Waals surface area contributed by atoms with Gasteiger partial charge in [0.15, 0.2) is 5.82 Å². The molecule has 1 amide bonds.